The third kappa shape index (κ3) is 4.16. The summed E-state index contributed by atoms with van der Waals surface area (Å²) in [6.07, 6.45) is 5.98. The summed E-state index contributed by atoms with van der Waals surface area (Å²) in [5.74, 6) is -1.25. The Morgan fingerprint density at radius 2 is 1.65 bits per heavy atom. The minimum Gasteiger partial charge on any atom is -0.477 e. The number of hydrogen-bond acceptors (Lipinski definition) is 6. The molecule has 0 radical (unpaired) electrons. The van der Waals surface area contributed by atoms with Crippen LogP contribution in [0.2, 0.25) is 0 Å². The largest absolute Gasteiger partial charge is 0.477 e. The van der Waals surface area contributed by atoms with E-state index < -0.39 is 11.4 Å². The second-order valence-electron chi connectivity index (χ2n) is 10.2. The standard InChI is InChI=1S/C29H30N4O4/c1-18-5-6-19(2)33(18)29-30-24-12-11-22(15-27(24)37-29)32-17-23(28(35)36)26(34)16-25(32)20-7-9-21(10-8-20)31-13-3-4-14-31/h7-12,15-19H,3-6,13-14H2,1-2H3,(H,35,36)/t18-,19+. The van der Waals surface area contributed by atoms with Crippen molar-refractivity contribution in [2.24, 2.45) is 0 Å². The monoisotopic (exact) mass is 498 g/mol. The van der Waals surface area contributed by atoms with E-state index in [4.69, 9.17) is 9.40 Å². The maximum absolute atomic E-state index is 12.7. The van der Waals surface area contributed by atoms with Crippen LogP contribution in [0.3, 0.4) is 0 Å². The number of carbonyl (C=O) groups is 1. The first-order chi connectivity index (χ1) is 17.9. The van der Waals surface area contributed by atoms with E-state index in [1.807, 2.05) is 30.3 Å². The first kappa shape index (κ1) is 23.3. The van der Waals surface area contributed by atoms with E-state index >= 15 is 0 Å². The highest BCUT2D eigenvalue weighted by Gasteiger charge is 2.31. The summed E-state index contributed by atoms with van der Waals surface area (Å²) in [5, 5.41) is 9.65. The van der Waals surface area contributed by atoms with Crippen molar-refractivity contribution >= 4 is 28.8 Å². The highest BCUT2D eigenvalue weighted by molar-refractivity contribution is 5.88. The first-order valence-corrected chi connectivity index (χ1v) is 12.9. The van der Waals surface area contributed by atoms with Crippen LogP contribution in [0, 0.1) is 0 Å². The Labute approximate surface area is 214 Å². The second kappa shape index (κ2) is 9.10. The van der Waals surface area contributed by atoms with Gasteiger partial charge in [-0.1, -0.05) is 12.1 Å². The molecule has 8 nitrogen and oxygen atoms in total. The van der Waals surface area contributed by atoms with E-state index in [2.05, 4.69) is 35.8 Å². The normalized spacial score (nSPS) is 19.7. The summed E-state index contributed by atoms with van der Waals surface area (Å²) in [6, 6.07) is 16.4. The fourth-order valence-corrected chi connectivity index (χ4v) is 5.68. The molecule has 2 aliphatic heterocycles. The van der Waals surface area contributed by atoms with E-state index in [0.29, 0.717) is 35.1 Å². The number of nitrogens with zero attached hydrogens (tertiary/aromatic N) is 4. The molecule has 0 saturated carbocycles. The lowest BCUT2D eigenvalue weighted by molar-refractivity contribution is 0.0695. The van der Waals surface area contributed by atoms with Crippen molar-refractivity contribution in [1.82, 2.24) is 9.55 Å². The Balaban J connectivity index is 1.44. The third-order valence-electron chi connectivity index (χ3n) is 7.73. The minimum absolute atomic E-state index is 0.282. The van der Waals surface area contributed by atoms with E-state index in [1.165, 1.54) is 25.1 Å². The molecule has 8 heteroatoms. The molecule has 1 N–H and O–H groups in total. The van der Waals surface area contributed by atoms with Gasteiger partial charge in [-0.05, 0) is 69.4 Å². The quantitative estimate of drug-likeness (QED) is 0.398. The van der Waals surface area contributed by atoms with Gasteiger partial charge in [-0.15, -0.1) is 0 Å². The molecular weight excluding hydrogens is 468 g/mol. The van der Waals surface area contributed by atoms with Gasteiger partial charge in [0.2, 0.25) is 0 Å². The predicted octanol–water partition coefficient (Wildman–Crippen LogP) is 5.32. The average molecular weight is 499 g/mol. The highest BCUT2D eigenvalue weighted by atomic mass is 16.4. The highest BCUT2D eigenvalue weighted by Crippen LogP contribution is 2.33. The Kier molecular flexibility index (Phi) is 5.74. The first-order valence-electron chi connectivity index (χ1n) is 12.9. The van der Waals surface area contributed by atoms with Gasteiger partial charge in [-0.2, -0.15) is 4.98 Å². The molecule has 2 aromatic carbocycles. The van der Waals surface area contributed by atoms with Crippen molar-refractivity contribution < 1.29 is 14.3 Å². The molecule has 2 aromatic heterocycles. The zero-order valence-corrected chi connectivity index (χ0v) is 21.1. The van der Waals surface area contributed by atoms with Gasteiger partial charge < -0.3 is 23.9 Å². The summed E-state index contributed by atoms with van der Waals surface area (Å²) in [7, 11) is 0. The van der Waals surface area contributed by atoms with Crippen LogP contribution in [0.15, 0.2) is 63.9 Å². The minimum atomic E-state index is -1.25. The zero-order valence-electron chi connectivity index (χ0n) is 21.1. The van der Waals surface area contributed by atoms with Crippen molar-refractivity contribution in [1.29, 1.82) is 0 Å². The maximum atomic E-state index is 12.7. The van der Waals surface area contributed by atoms with E-state index in [1.54, 1.807) is 4.57 Å². The number of aromatic carboxylic acids is 1. The number of benzene rings is 2. The lowest BCUT2D eigenvalue weighted by Crippen LogP contribution is -2.32. The van der Waals surface area contributed by atoms with Crippen LogP contribution in [0.4, 0.5) is 11.7 Å². The number of rotatable bonds is 5. The summed E-state index contributed by atoms with van der Waals surface area (Å²) in [5.41, 5.74) is 3.83. The van der Waals surface area contributed by atoms with Crippen LogP contribution in [-0.4, -0.2) is 45.8 Å². The molecule has 4 aromatic rings. The lowest BCUT2D eigenvalue weighted by Gasteiger charge is -2.23. The molecule has 0 aliphatic carbocycles. The number of pyridine rings is 1. The molecular formula is C29H30N4O4. The Bertz CT molecular complexity index is 1520. The topological polar surface area (TPSA) is 91.8 Å². The van der Waals surface area contributed by atoms with Crippen molar-refractivity contribution in [3.63, 3.8) is 0 Å². The Morgan fingerprint density at radius 1 is 0.973 bits per heavy atom. The van der Waals surface area contributed by atoms with Crippen molar-refractivity contribution in [2.75, 3.05) is 22.9 Å². The number of carboxylic acid groups (broad SMARTS) is 1. The van der Waals surface area contributed by atoms with Crippen LogP contribution < -0.4 is 15.2 Å². The van der Waals surface area contributed by atoms with Crippen LogP contribution in [-0.2, 0) is 0 Å². The van der Waals surface area contributed by atoms with Gasteiger partial charge in [0.25, 0.3) is 6.01 Å². The second-order valence-corrected chi connectivity index (χ2v) is 10.2. The van der Waals surface area contributed by atoms with Gasteiger partial charge in [0.05, 0.1) is 5.69 Å². The zero-order chi connectivity index (χ0) is 25.7. The van der Waals surface area contributed by atoms with Gasteiger partial charge in [0.15, 0.2) is 11.0 Å². The van der Waals surface area contributed by atoms with E-state index in [-0.39, 0.29) is 5.56 Å². The van der Waals surface area contributed by atoms with Gasteiger partial charge in [0, 0.05) is 54.9 Å². The number of fused-ring (bicyclic) bond motifs is 1. The molecule has 6 rings (SSSR count). The van der Waals surface area contributed by atoms with Crippen LogP contribution in [0.25, 0.3) is 28.0 Å². The summed E-state index contributed by atoms with van der Waals surface area (Å²) in [6.45, 7) is 6.45. The summed E-state index contributed by atoms with van der Waals surface area (Å²) < 4.78 is 7.94. The summed E-state index contributed by atoms with van der Waals surface area (Å²) in [4.78, 5) is 33.8. The summed E-state index contributed by atoms with van der Waals surface area (Å²) >= 11 is 0. The molecule has 2 saturated heterocycles. The van der Waals surface area contributed by atoms with Gasteiger partial charge >= 0.3 is 5.97 Å². The third-order valence-corrected chi connectivity index (χ3v) is 7.73. The number of anilines is 2. The molecule has 2 aliphatic rings. The van der Waals surface area contributed by atoms with Crippen LogP contribution in [0.1, 0.15) is 49.9 Å². The van der Waals surface area contributed by atoms with Gasteiger partial charge in [0.1, 0.15) is 11.1 Å². The molecule has 0 amide bonds. The molecule has 37 heavy (non-hydrogen) atoms. The lowest BCUT2D eigenvalue weighted by atomic mass is 10.1. The number of hydrogen-bond donors (Lipinski definition) is 1. The van der Waals surface area contributed by atoms with Crippen molar-refractivity contribution in [2.45, 2.75) is 51.6 Å². The van der Waals surface area contributed by atoms with Crippen molar-refractivity contribution in [3.05, 3.63) is 70.5 Å². The molecule has 4 heterocycles. The molecule has 190 valence electrons. The van der Waals surface area contributed by atoms with Crippen LogP contribution >= 0.6 is 0 Å². The smallest absolute Gasteiger partial charge is 0.341 e. The fraction of sp³-hybridized carbons (Fsp3) is 0.345. The fourth-order valence-electron chi connectivity index (χ4n) is 5.68. The predicted molar refractivity (Wildman–Crippen MR) is 144 cm³/mol. The molecule has 2 fully saturated rings. The van der Waals surface area contributed by atoms with E-state index in [9.17, 15) is 14.7 Å². The van der Waals surface area contributed by atoms with Gasteiger partial charge in [-0.3, -0.25) is 4.79 Å². The molecule has 2 atom stereocenters. The molecule has 0 bridgehead atoms. The molecule has 0 unspecified atom stereocenters. The molecule has 0 spiro atoms. The average Bonchev–Trinajstić information content (AvgIpc) is 3.63. The number of oxazole rings is 1. The SMILES string of the molecule is C[C@@H]1CC[C@H](C)N1c1nc2ccc(-n3cc(C(=O)O)c(=O)cc3-c3ccc(N4CCCC4)cc3)cc2o1. The Morgan fingerprint density at radius 3 is 2.32 bits per heavy atom. The Hall–Kier alpha value is -4.07. The number of aromatic nitrogens is 2. The van der Waals surface area contributed by atoms with Gasteiger partial charge in [-0.25, -0.2) is 4.79 Å². The van der Waals surface area contributed by atoms with Crippen molar-refractivity contribution in [3.8, 4) is 16.9 Å². The van der Waals surface area contributed by atoms with E-state index in [0.717, 1.165) is 42.7 Å². The van der Waals surface area contributed by atoms with Crippen LogP contribution in [0.5, 0.6) is 0 Å². The number of carboxylic acids is 1. The maximum Gasteiger partial charge on any atom is 0.341 e.